The maximum absolute atomic E-state index is 12.2. The summed E-state index contributed by atoms with van der Waals surface area (Å²) in [4.78, 5) is 24.3. The normalized spacial score (nSPS) is 9.83. The SMILES string of the molecule is CCn1cc(C(=O)Nc2ccccc2C(=O)NCCN)cn1.Cl. The molecule has 2 aromatic rings. The minimum absolute atomic E-state index is 0. The molecule has 1 heterocycles. The van der Waals surface area contributed by atoms with Crippen molar-refractivity contribution < 1.29 is 9.59 Å². The molecule has 0 aliphatic carbocycles. The predicted octanol–water partition coefficient (Wildman–Crippen LogP) is 1.27. The predicted molar refractivity (Wildman–Crippen MR) is 90.9 cm³/mol. The second-order valence-corrected chi connectivity index (χ2v) is 4.63. The number of carbonyl (C=O) groups excluding carboxylic acids is 2. The Labute approximate surface area is 140 Å². The van der Waals surface area contributed by atoms with Gasteiger partial charge in [-0.05, 0) is 19.1 Å². The number of hydrogen-bond donors (Lipinski definition) is 3. The topological polar surface area (TPSA) is 102 Å². The molecule has 0 saturated heterocycles. The molecule has 4 N–H and O–H groups in total. The van der Waals surface area contributed by atoms with Crippen LogP contribution in [0.4, 0.5) is 5.69 Å². The van der Waals surface area contributed by atoms with Crippen molar-refractivity contribution >= 4 is 29.9 Å². The van der Waals surface area contributed by atoms with Gasteiger partial charge in [0.1, 0.15) is 0 Å². The van der Waals surface area contributed by atoms with Gasteiger partial charge in [0.05, 0.1) is 23.0 Å². The number of carbonyl (C=O) groups is 2. The third kappa shape index (κ3) is 4.80. The van der Waals surface area contributed by atoms with E-state index in [0.717, 1.165) is 0 Å². The molecule has 1 aromatic carbocycles. The molecule has 2 amide bonds. The van der Waals surface area contributed by atoms with E-state index in [-0.39, 0.29) is 24.2 Å². The Kier molecular flexibility index (Phi) is 7.24. The summed E-state index contributed by atoms with van der Waals surface area (Å²) in [5.41, 5.74) is 6.66. The van der Waals surface area contributed by atoms with Crippen molar-refractivity contribution in [1.29, 1.82) is 0 Å². The lowest BCUT2D eigenvalue weighted by molar-refractivity contribution is 0.0955. The molecule has 0 unspecified atom stereocenters. The summed E-state index contributed by atoms with van der Waals surface area (Å²) >= 11 is 0. The van der Waals surface area contributed by atoms with Crippen molar-refractivity contribution in [1.82, 2.24) is 15.1 Å². The maximum atomic E-state index is 12.2. The highest BCUT2D eigenvalue weighted by atomic mass is 35.5. The van der Waals surface area contributed by atoms with Crippen molar-refractivity contribution in [3.8, 4) is 0 Å². The smallest absolute Gasteiger partial charge is 0.258 e. The fourth-order valence-corrected chi connectivity index (χ4v) is 1.92. The van der Waals surface area contributed by atoms with Crippen molar-refractivity contribution in [3.63, 3.8) is 0 Å². The molecule has 124 valence electrons. The van der Waals surface area contributed by atoms with E-state index in [0.29, 0.717) is 36.4 Å². The van der Waals surface area contributed by atoms with Crippen LogP contribution in [-0.2, 0) is 6.54 Å². The maximum Gasteiger partial charge on any atom is 0.258 e. The first-order valence-electron chi connectivity index (χ1n) is 7.06. The Hall–Kier alpha value is -2.38. The van der Waals surface area contributed by atoms with Crippen molar-refractivity contribution in [2.75, 3.05) is 18.4 Å². The van der Waals surface area contributed by atoms with Crippen LogP contribution in [0.25, 0.3) is 0 Å². The largest absolute Gasteiger partial charge is 0.351 e. The number of para-hydroxylation sites is 1. The van der Waals surface area contributed by atoms with Gasteiger partial charge in [-0.25, -0.2) is 0 Å². The second-order valence-electron chi connectivity index (χ2n) is 4.63. The number of aryl methyl sites for hydroxylation is 1. The summed E-state index contributed by atoms with van der Waals surface area (Å²) in [6.45, 7) is 3.36. The number of halogens is 1. The van der Waals surface area contributed by atoms with E-state index >= 15 is 0 Å². The lowest BCUT2D eigenvalue weighted by Gasteiger charge is -2.10. The van der Waals surface area contributed by atoms with Gasteiger partial charge in [0.25, 0.3) is 11.8 Å². The van der Waals surface area contributed by atoms with Crippen LogP contribution in [0.1, 0.15) is 27.6 Å². The zero-order chi connectivity index (χ0) is 15.9. The molecule has 0 saturated carbocycles. The lowest BCUT2D eigenvalue weighted by Crippen LogP contribution is -2.29. The van der Waals surface area contributed by atoms with E-state index in [9.17, 15) is 9.59 Å². The number of amides is 2. The minimum Gasteiger partial charge on any atom is -0.351 e. The summed E-state index contributed by atoms with van der Waals surface area (Å²) in [5.74, 6) is -0.579. The number of benzene rings is 1. The Morgan fingerprint density at radius 3 is 2.65 bits per heavy atom. The molecule has 1 aromatic heterocycles. The van der Waals surface area contributed by atoms with Crippen LogP contribution in [0.3, 0.4) is 0 Å². The van der Waals surface area contributed by atoms with Crippen LogP contribution in [0.15, 0.2) is 36.7 Å². The van der Waals surface area contributed by atoms with Gasteiger partial charge in [-0.1, -0.05) is 12.1 Å². The van der Waals surface area contributed by atoms with Crippen LogP contribution in [0.2, 0.25) is 0 Å². The van der Waals surface area contributed by atoms with E-state index in [1.807, 2.05) is 6.92 Å². The molecule has 0 spiro atoms. The molecule has 2 rings (SSSR count). The van der Waals surface area contributed by atoms with Crippen LogP contribution >= 0.6 is 12.4 Å². The molecular formula is C15H20ClN5O2. The summed E-state index contributed by atoms with van der Waals surface area (Å²) in [6.07, 6.45) is 3.16. The number of rotatable bonds is 6. The Balaban J connectivity index is 0.00000264. The fraction of sp³-hybridized carbons (Fsp3) is 0.267. The van der Waals surface area contributed by atoms with Gasteiger partial charge in [-0.2, -0.15) is 5.10 Å². The number of nitrogens with two attached hydrogens (primary N) is 1. The van der Waals surface area contributed by atoms with E-state index in [1.165, 1.54) is 6.20 Å². The number of hydrogen-bond acceptors (Lipinski definition) is 4. The molecule has 0 aliphatic rings. The van der Waals surface area contributed by atoms with Crippen LogP contribution in [0, 0.1) is 0 Å². The highest BCUT2D eigenvalue weighted by Crippen LogP contribution is 2.16. The van der Waals surface area contributed by atoms with Gasteiger partial charge in [-0.3, -0.25) is 14.3 Å². The summed E-state index contributed by atoms with van der Waals surface area (Å²) in [5, 5.41) is 9.48. The third-order valence-electron chi connectivity index (χ3n) is 3.07. The van der Waals surface area contributed by atoms with Crippen LogP contribution in [-0.4, -0.2) is 34.7 Å². The van der Waals surface area contributed by atoms with E-state index in [4.69, 9.17) is 5.73 Å². The Morgan fingerprint density at radius 2 is 2.00 bits per heavy atom. The average Bonchev–Trinajstić information content (AvgIpc) is 3.02. The van der Waals surface area contributed by atoms with E-state index < -0.39 is 0 Å². The highest BCUT2D eigenvalue weighted by Gasteiger charge is 2.14. The van der Waals surface area contributed by atoms with Crippen molar-refractivity contribution in [2.45, 2.75) is 13.5 Å². The third-order valence-corrected chi connectivity index (χ3v) is 3.07. The number of nitrogens with one attached hydrogen (secondary N) is 2. The molecule has 0 bridgehead atoms. The van der Waals surface area contributed by atoms with E-state index in [1.54, 1.807) is 35.1 Å². The lowest BCUT2D eigenvalue weighted by atomic mass is 10.1. The molecule has 0 aliphatic heterocycles. The van der Waals surface area contributed by atoms with Crippen molar-refractivity contribution in [3.05, 3.63) is 47.8 Å². The fourth-order valence-electron chi connectivity index (χ4n) is 1.92. The molecule has 0 atom stereocenters. The standard InChI is InChI=1S/C15H19N5O2.ClH/c1-2-20-10-11(9-18-20)14(21)19-13-6-4-3-5-12(13)15(22)17-8-7-16;/h3-6,9-10H,2,7-8,16H2,1H3,(H,17,22)(H,19,21);1H. The van der Waals surface area contributed by atoms with Crippen molar-refractivity contribution in [2.24, 2.45) is 5.73 Å². The van der Waals surface area contributed by atoms with E-state index in [2.05, 4.69) is 15.7 Å². The van der Waals surface area contributed by atoms with Gasteiger partial charge in [0.15, 0.2) is 0 Å². The van der Waals surface area contributed by atoms with Gasteiger partial charge in [0.2, 0.25) is 0 Å². The second kappa shape index (κ2) is 8.92. The Bertz CT molecular complexity index is 671. The summed E-state index contributed by atoms with van der Waals surface area (Å²) in [6, 6.07) is 6.82. The van der Waals surface area contributed by atoms with Gasteiger partial charge >= 0.3 is 0 Å². The number of anilines is 1. The monoisotopic (exact) mass is 337 g/mol. The zero-order valence-electron chi connectivity index (χ0n) is 12.8. The molecular weight excluding hydrogens is 318 g/mol. The van der Waals surface area contributed by atoms with Gasteiger partial charge in [0, 0.05) is 25.8 Å². The number of nitrogens with zero attached hydrogens (tertiary/aromatic N) is 2. The first-order valence-corrected chi connectivity index (χ1v) is 7.06. The summed E-state index contributed by atoms with van der Waals surface area (Å²) in [7, 11) is 0. The number of aromatic nitrogens is 2. The molecule has 0 radical (unpaired) electrons. The Morgan fingerprint density at radius 1 is 1.26 bits per heavy atom. The van der Waals surface area contributed by atoms with Gasteiger partial charge < -0.3 is 16.4 Å². The molecule has 23 heavy (non-hydrogen) atoms. The van der Waals surface area contributed by atoms with Gasteiger partial charge in [-0.15, -0.1) is 12.4 Å². The zero-order valence-corrected chi connectivity index (χ0v) is 13.6. The van der Waals surface area contributed by atoms with Crippen LogP contribution < -0.4 is 16.4 Å². The first-order chi connectivity index (χ1) is 10.7. The quantitative estimate of drug-likeness (QED) is 0.738. The minimum atomic E-state index is -0.307. The highest BCUT2D eigenvalue weighted by molar-refractivity contribution is 6.08. The molecule has 0 fully saturated rings. The molecule has 8 heteroatoms. The summed E-state index contributed by atoms with van der Waals surface area (Å²) < 4.78 is 1.66. The van der Waals surface area contributed by atoms with Crippen LogP contribution in [0.5, 0.6) is 0 Å². The first kappa shape index (κ1) is 18.7. The molecule has 7 nitrogen and oxygen atoms in total. The average molecular weight is 338 g/mol.